The van der Waals surface area contributed by atoms with E-state index in [-0.39, 0.29) is 0 Å². The minimum atomic E-state index is 0.504. The number of anilines is 1. The summed E-state index contributed by atoms with van der Waals surface area (Å²) in [5, 5.41) is 12.0. The fraction of sp³-hybridized carbons (Fsp3) is 0.273. The molecule has 1 rings (SSSR count). The number of hydrogen-bond acceptors (Lipinski definition) is 6. The molecular weight excluding hydrogens is 222 g/mol. The molecule has 0 saturated heterocycles. The molecule has 90 valence electrons. The Morgan fingerprint density at radius 1 is 1.18 bits per heavy atom. The number of ether oxygens (including phenoxy) is 3. The van der Waals surface area contributed by atoms with Crippen molar-refractivity contribution in [2.45, 2.75) is 0 Å². The van der Waals surface area contributed by atoms with Crippen LogP contribution in [0.25, 0.3) is 0 Å². The van der Waals surface area contributed by atoms with Gasteiger partial charge in [0.05, 0.1) is 27.0 Å². The van der Waals surface area contributed by atoms with Crippen molar-refractivity contribution >= 4 is 11.9 Å². The molecule has 0 unspecified atom stereocenters. The number of benzene rings is 1. The topological polar surface area (TPSA) is 75.9 Å². The second kappa shape index (κ2) is 6.23. The zero-order chi connectivity index (χ0) is 12.7. The minimum Gasteiger partial charge on any atom is -0.493 e. The van der Waals surface area contributed by atoms with Crippen LogP contribution in [-0.4, -0.2) is 27.5 Å². The molecular formula is C11H13N3O3. The van der Waals surface area contributed by atoms with E-state index in [9.17, 15) is 0 Å². The molecule has 1 N–H and O–H groups in total. The van der Waals surface area contributed by atoms with Crippen LogP contribution in [0.5, 0.6) is 17.2 Å². The van der Waals surface area contributed by atoms with Crippen molar-refractivity contribution < 1.29 is 14.2 Å². The number of nitrogens with one attached hydrogen (secondary N) is 1. The van der Waals surface area contributed by atoms with Crippen molar-refractivity contribution in [2.24, 2.45) is 5.10 Å². The van der Waals surface area contributed by atoms with Gasteiger partial charge in [0.25, 0.3) is 0 Å². The van der Waals surface area contributed by atoms with Crippen molar-refractivity contribution in [2.75, 3.05) is 26.8 Å². The van der Waals surface area contributed by atoms with E-state index in [1.807, 2.05) is 0 Å². The Bertz CT molecular complexity index is 427. The molecule has 0 aromatic heterocycles. The van der Waals surface area contributed by atoms with Crippen LogP contribution in [0.15, 0.2) is 17.2 Å². The fourth-order valence-electron chi connectivity index (χ4n) is 1.28. The van der Waals surface area contributed by atoms with Gasteiger partial charge in [-0.3, -0.25) is 5.43 Å². The van der Waals surface area contributed by atoms with E-state index < -0.39 is 0 Å². The molecule has 0 aliphatic heterocycles. The van der Waals surface area contributed by atoms with Gasteiger partial charge in [-0.15, -0.1) is 0 Å². The van der Waals surface area contributed by atoms with E-state index >= 15 is 0 Å². The smallest absolute Gasteiger partial charge is 0.203 e. The van der Waals surface area contributed by atoms with Crippen molar-refractivity contribution in [3.63, 3.8) is 0 Å². The van der Waals surface area contributed by atoms with E-state index in [2.05, 4.69) is 10.5 Å². The average Bonchev–Trinajstić information content (AvgIpc) is 2.37. The second-order valence-corrected chi connectivity index (χ2v) is 2.91. The van der Waals surface area contributed by atoms with E-state index in [0.717, 1.165) is 6.21 Å². The Morgan fingerprint density at radius 2 is 1.76 bits per heavy atom. The van der Waals surface area contributed by atoms with Gasteiger partial charge in [-0.25, -0.2) is 0 Å². The maximum absolute atomic E-state index is 8.32. The third kappa shape index (κ3) is 3.01. The predicted octanol–water partition coefficient (Wildman–Crippen LogP) is 1.63. The third-order valence-corrected chi connectivity index (χ3v) is 1.98. The predicted molar refractivity (Wildman–Crippen MR) is 63.8 cm³/mol. The van der Waals surface area contributed by atoms with Crippen LogP contribution in [0.2, 0.25) is 0 Å². The molecule has 1 aromatic rings. The lowest BCUT2D eigenvalue weighted by atomic mass is 10.2. The molecule has 0 bridgehead atoms. The van der Waals surface area contributed by atoms with Gasteiger partial charge in [0, 0.05) is 12.1 Å². The third-order valence-electron chi connectivity index (χ3n) is 1.98. The Kier molecular flexibility index (Phi) is 4.63. The molecule has 6 heteroatoms. The highest BCUT2D eigenvalue weighted by Crippen LogP contribution is 2.39. The van der Waals surface area contributed by atoms with Crippen LogP contribution < -0.4 is 19.6 Å². The van der Waals surface area contributed by atoms with Gasteiger partial charge in [0.15, 0.2) is 11.5 Å². The second-order valence-electron chi connectivity index (χ2n) is 2.91. The van der Waals surface area contributed by atoms with Crippen LogP contribution in [0.4, 0.5) is 5.69 Å². The Morgan fingerprint density at radius 3 is 2.18 bits per heavy atom. The largest absolute Gasteiger partial charge is 0.493 e. The van der Waals surface area contributed by atoms with Crippen molar-refractivity contribution in [3.8, 4) is 23.3 Å². The summed E-state index contributed by atoms with van der Waals surface area (Å²) in [5.41, 5.74) is 3.31. The van der Waals surface area contributed by atoms with Gasteiger partial charge in [0.1, 0.15) is 12.3 Å². The van der Waals surface area contributed by atoms with Gasteiger partial charge < -0.3 is 14.2 Å². The first-order chi connectivity index (χ1) is 8.26. The number of nitriles is 1. The normalized spacial score (nSPS) is 9.76. The highest BCUT2D eigenvalue weighted by molar-refractivity contribution is 5.76. The molecule has 0 spiro atoms. The Labute approximate surface area is 99.4 Å². The molecule has 0 radical (unpaired) electrons. The summed E-state index contributed by atoms with van der Waals surface area (Å²) in [7, 11) is 4.58. The van der Waals surface area contributed by atoms with Crippen LogP contribution in [0, 0.1) is 11.3 Å². The summed E-state index contributed by atoms with van der Waals surface area (Å²) in [6, 6.07) is 5.16. The molecule has 0 fully saturated rings. The molecule has 0 aliphatic carbocycles. The van der Waals surface area contributed by atoms with Gasteiger partial charge in [-0.1, -0.05) is 0 Å². The van der Waals surface area contributed by atoms with Gasteiger partial charge in [0.2, 0.25) is 5.75 Å². The summed E-state index contributed by atoms with van der Waals surface area (Å²) in [6.07, 6.45) is 1.09. The standard InChI is InChI=1S/C11H13N3O3/c1-15-9-6-8(14-13-5-4-12)7-10(16-2)11(9)17-3/h5-7,14H,1-3H3/b13-5+. The molecule has 0 amide bonds. The number of hydrogen-bond donors (Lipinski definition) is 1. The molecule has 0 aliphatic rings. The molecule has 17 heavy (non-hydrogen) atoms. The Hall–Kier alpha value is -2.42. The summed E-state index contributed by atoms with van der Waals surface area (Å²) >= 11 is 0. The number of methoxy groups -OCH3 is 3. The SMILES string of the molecule is COc1cc(N/N=C/C#N)cc(OC)c1OC. The van der Waals surface area contributed by atoms with Crippen LogP contribution in [0.3, 0.4) is 0 Å². The van der Waals surface area contributed by atoms with Crippen molar-refractivity contribution in [1.29, 1.82) is 5.26 Å². The van der Waals surface area contributed by atoms with E-state index in [4.69, 9.17) is 19.5 Å². The first-order valence-electron chi connectivity index (χ1n) is 4.74. The lowest BCUT2D eigenvalue weighted by Gasteiger charge is -2.13. The highest BCUT2D eigenvalue weighted by Gasteiger charge is 2.12. The molecule has 0 saturated carbocycles. The number of nitrogens with zero attached hydrogens (tertiary/aromatic N) is 2. The highest BCUT2D eigenvalue weighted by atomic mass is 16.5. The lowest BCUT2D eigenvalue weighted by molar-refractivity contribution is 0.324. The maximum Gasteiger partial charge on any atom is 0.203 e. The average molecular weight is 235 g/mol. The monoisotopic (exact) mass is 235 g/mol. The molecule has 6 nitrogen and oxygen atoms in total. The zero-order valence-corrected chi connectivity index (χ0v) is 9.85. The minimum absolute atomic E-state index is 0.504. The van der Waals surface area contributed by atoms with Crippen LogP contribution in [0.1, 0.15) is 0 Å². The Balaban J connectivity index is 3.09. The summed E-state index contributed by atoms with van der Waals surface area (Å²) < 4.78 is 15.5. The quantitative estimate of drug-likeness (QED) is 0.620. The first-order valence-corrected chi connectivity index (χ1v) is 4.74. The molecule has 0 heterocycles. The number of hydrazone groups is 1. The lowest BCUT2D eigenvalue weighted by Crippen LogP contribution is -1.97. The van der Waals surface area contributed by atoms with E-state index in [1.54, 1.807) is 18.2 Å². The fourth-order valence-corrected chi connectivity index (χ4v) is 1.28. The van der Waals surface area contributed by atoms with E-state index in [1.165, 1.54) is 21.3 Å². The molecule has 1 aromatic carbocycles. The van der Waals surface area contributed by atoms with Crippen molar-refractivity contribution in [1.82, 2.24) is 0 Å². The maximum atomic E-state index is 8.32. The van der Waals surface area contributed by atoms with Gasteiger partial charge >= 0.3 is 0 Å². The summed E-state index contributed by atoms with van der Waals surface area (Å²) in [4.78, 5) is 0. The van der Waals surface area contributed by atoms with Gasteiger partial charge in [-0.2, -0.15) is 10.4 Å². The molecule has 0 atom stereocenters. The number of rotatable bonds is 5. The van der Waals surface area contributed by atoms with Crippen LogP contribution in [-0.2, 0) is 0 Å². The van der Waals surface area contributed by atoms with Crippen molar-refractivity contribution in [3.05, 3.63) is 12.1 Å². The first kappa shape index (κ1) is 12.6. The summed E-state index contributed by atoms with van der Waals surface area (Å²) in [5.74, 6) is 1.54. The van der Waals surface area contributed by atoms with Crippen LogP contribution >= 0.6 is 0 Å². The zero-order valence-electron chi connectivity index (χ0n) is 9.85. The van der Waals surface area contributed by atoms with Gasteiger partial charge in [-0.05, 0) is 0 Å². The summed E-state index contributed by atoms with van der Waals surface area (Å²) in [6.45, 7) is 0. The van der Waals surface area contributed by atoms with E-state index in [0.29, 0.717) is 22.9 Å².